The first-order valence-electron chi connectivity index (χ1n) is 6.07. The molecule has 1 aromatic carbocycles. The van der Waals surface area contributed by atoms with E-state index in [4.69, 9.17) is 5.73 Å². The minimum atomic E-state index is -0.533. The zero-order chi connectivity index (χ0) is 14.1. The van der Waals surface area contributed by atoms with Gasteiger partial charge in [-0.15, -0.1) is 0 Å². The molecule has 20 heavy (non-hydrogen) atoms. The van der Waals surface area contributed by atoms with E-state index in [2.05, 4.69) is 9.97 Å². The molecule has 0 saturated heterocycles. The monoisotopic (exact) mass is 268 g/mol. The van der Waals surface area contributed by atoms with Crippen LogP contribution in [0.2, 0.25) is 0 Å². The lowest BCUT2D eigenvalue weighted by Gasteiger charge is -2.02. The summed E-state index contributed by atoms with van der Waals surface area (Å²) in [6.07, 6.45) is 1.46. The number of aromatic nitrogens is 3. The lowest BCUT2D eigenvalue weighted by atomic mass is 10.2. The molecular weight excluding hydrogens is 256 g/mol. The number of rotatable bonds is 3. The maximum atomic E-state index is 12.2. The number of aromatic amines is 1. The number of carbonyl (C=O) groups is 1. The fourth-order valence-corrected chi connectivity index (χ4v) is 2.03. The first-order valence-corrected chi connectivity index (χ1v) is 6.07. The molecule has 3 N–H and O–H groups in total. The van der Waals surface area contributed by atoms with Gasteiger partial charge in [-0.05, 0) is 18.2 Å². The van der Waals surface area contributed by atoms with E-state index < -0.39 is 5.69 Å². The molecule has 0 atom stereocenters. The number of nitrogens with two attached hydrogens (primary N) is 1. The predicted octanol–water partition coefficient (Wildman–Crippen LogP) is 1.19. The molecular formula is C14H12N4O2. The highest BCUT2D eigenvalue weighted by Crippen LogP contribution is 2.15. The molecule has 6 nitrogen and oxygen atoms in total. The number of anilines is 1. The molecule has 0 fully saturated rings. The summed E-state index contributed by atoms with van der Waals surface area (Å²) in [5, 5.41) is 0.957. The van der Waals surface area contributed by atoms with E-state index >= 15 is 0 Å². The third-order valence-corrected chi connectivity index (χ3v) is 3.04. The second kappa shape index (κ2) is 4.65. The van der Waals surface area contributed by atoms with Crippen LogP contribution in [0.1, 0.15) is 10.5 Å². The number of ketones is 1. The van der Waals surface area contributed by atoms with E-state index in [-0.39, 0.29) is 18.1 Å². The molecule has 2 heterocycles. The van der Waals surface area contributed by atoms with Crippen molar-refractivity contribution < 1.29 is 4.79 Å². The van der Waals surface area contributed by atoms with E-state index in [0.717, 1.165) is 10.9 Å². The quantitative estimate of drug-likeness (QED) is 0.698. The summed E-state index contributed by atoms with van der Waals surface area (Å²) in [4.78, 5) is 30.4. The van der Waals surface area contributed by atoms with Crippen LogP contribution >= 0.6 is 0 Å². The molecule has 0 unspecified atom stereocenters. The Morgan fingerprint density at radius 1 is 1.30 bits per heavy atom. The smallest absolute Gasteiger partial charge is 0.349 e. The van der Waals surface area contributed by atoms with Crippen molar-refractivity contribution in [2.75, 3.05) is 5.73 Å². The van der Waals surface area contributed by atoms with Crippen molar-refractivity contribution in [2.24, 2.45) is 0 Å². The summed E-state index contributed by atoms with van der Waals surface area (Å²) in [7, 11) is 0. The Labute approximate surface area is 113 Å². The Hall–Kier alpha value is -2.89. The van der Waals surface area contributed by atoms with Gasteiger partial charge in [0.2, 0.25) is 0 Å². The fraction of sp³-hybridized carbons (Fsp3) is 0.0714. The number of fused-ring (bicyclic) bond motifs is 1. The van der Waals surface area contributed by atoms with Gasteiger partial charge < -0.3 is 10.7 Å². The number of hydrogen-bond donors (Lipinski definition) is 2. The van der Waals surface area contributed by atoms with Crippen LogP contribution in [0.4, 0.5) is 5.82 Å². The molecule has 0 aliphatic heterocycles. The molecule has 0 radical (unpaired) electrons. The number of para-hydroxylation sites is 1. The van der Waals surface area contributed by atoms with Crippen molar-refractivity contribution >= 4 is 22.5 Å². The van der Waals surface area contributed by atoms with Crippen LogP contribution in [-0.4, -0.2) is 20.3 Å². The maximum Gasteiger partial charge on any atom is 0.349 e. The van der Waals surface area contributed by atoms with Crippen LogP contribution in [0.25, 0.3) is 10.9 Å². The number of hydrogen-bond acceptors (Lipinski definition) is 4. The zero-order valence-electron chi connectivity index (χ0n) is 10.5. The second-order valence-corrected chi connectivity index (χ2v) is 4.46. The predicted molar refractivity (Wildman–Crippen MR) is 75.5 cm³/mol. The lowest BCUT2D eigenvalue weighted by molar-refractivity contribution is 0.0966. The Morgan fingerprint density at radius 2 is 2.10 bits per heavy atom. The van der Waals surface area contributed by atoms with Gasteiger partial charge in [-0.2, -0.15) is 4.98 Å². The van der Waals surface area contributed by atoms with Crippen LogP contribution in [0.15, 0.2) is 47.4 Å². The van der Waals surface area contributed by atoms with Crippen LogP contribution in [-0.2, 0) is 6.54 Å². The first-order chi connectivity index (χ1) is 9.63. The molecule has 0 spiro atoms. The van der Waals surface area contributed by atoms with Crippen molar-refractivity contribution in [1.82, 2.24) is 14.5 Å². The van der Waals surface area contributed by atoms with E-state index in [1.54, 1.807) is 6.07 Å². The number of H-pyrrole nitrogens is 1. The highest BCUT2D eigenvalue weighted by atomic mass is 16.2. The number of nitrogens with zero attached hydrogens (tertiary/aromatic N) is 2. The molecule has 0 aliphatic carbocycles. The molecule has 0 amide bonds. The zero-order valence-corrected chi connectivity index (χ0v) is 10.5. The van der Waals surface area contributed by atoms with Crippen molar-refractivity contribution in [3.63, 3.8) is 0 Å². The van der Waals surface area contributed by atoms with Crippen molar-refractivity contribution in [3.05, 3.63) is 58.8 Å². The summed E-state index contributed by atoms with van der Waals surface area (Å²) in [5.41, 5.74) is 6.23. The molecule has 0 saturated carbocycles. The molecule has 100 valence electrons. The lowest BCUT2D eigenvalue weighted by Crippen LogP contribution is -2.26. The van der Waals surface area contributed by atoms with Crippen LogP contribution < -0.4 is 11.4 Å². The summed E-state index contributed by atoms with van der Waals surface area (Å²) < 4.78 is 1.23. The van der Waals surface area contributed by atoms with Gasteiger partial charge in [0.25, 0.3) is 0 Å². The van der Waals surface area contributed by atoms with E-state index in [1.165, 1.54) is 16.8 Å². The Balaban J connectivity index is 1.90. The topological polar surface area (TPSA) is 93.8 Å². The van der Waals surface area contributed by atoms with E-state index in [1.807, 2.05) is 24.3 Å². The molecule has 0 aliphatic rings. The summed E-state index contributed by atoms with van der Waals surface area (Å²) in [6.45, 7) is -0.0705. The molecule has 0 bridgehead atoms. The average Bonchev–Trinajstić information content (AvgIpc) is 2.86. The SMILES string of the molecule is Nc1ccn(CC(=O)c2cc3ccccc3[nH]2)c(=O)n1. The van der Waals surface area contributed by atoms with Gasteiger partial charge >= 0.3 is 5.69 Å². The largest absolute Gasteiger partial charge is 0.383 e. The van der Waals surface area contributed by atoms with Crippen LogP contribution in [0.5, 0.6) is 0 Å². The number of Topliss-reactive ketones (excluding diaryl/α,β-unsaturated/α-hetero) is 1. The maximum absolute atomic E-state index is 12.2. The number of carbonyl (C=O) groups excluding carboxylic acids is 1. The van der Waals surface area contributed by atoms with Gasteiger partial charge in [0.15, 0.2) is 5.78 Å². The first kappa shape index (κ1) is 12.2. The van der Waals surface area contributed by atoms with Crippen LogP contribution in [0.3, 0.4) is 0 Å². The fourth-order valence-electron chi connectivity index (χ4n) is 2.03. The molecule has 6 heteroatoms. The third-order valence-electron chi connectivity index (χ3n) is 3.04. The summed E-state index contributed by atoms with van der Waals surface area (Å²) in [6, 6.07) is 10.9. The van der Waals surface area contributed by atoms with Crippen LogP contribution in [0, 0.1) is 0 Å². The standard InChI is InChI=1S/C14H12N4O2/c15-13-5-6-18(14(20)17-13)8-12(19)11-7-9-3-1-2-4-10(9)16-11/h1-7,16H,8H2,(H2,15,17,20). The molecule has 3 aromatic rings. The highest BCUT2D eigenvalue weighted by Gasteiger charge is 2.11. The second-order valence-electron chi connectivity index (χ2n) is 4.46. The average molecular weight is 268 g/mol. The molecule has 2 aromatic heterocycles. The van der Waals surface area contributed by atoms with Gasteiger partial charge in [0, 0.05) is 17.1 Å². The third kappa shape index (κ3) is 2.18. The minimum absolute atomic E-state index is 0.0705. The van der Waals surface area contributed by atoms with Crippen molar-refractivity contribution in [3.8, 4) is 0 Å². The van der Waals surface area contributed by atoms with Gasteiger partial charge in [-0.1, -0.05) is 18.2 Å². The Morgan fingerprint density at radius 3 is 2.85 bits per heavy atom. The van der Waals surface area contributed by atoms with Gasteiger partial charge in [-0.25, -0.2) is 4.79 Å². The minimum Gasteiger partial charge on any atom is -0.383 e. The van der Waals surface area contributed by atoms with E-state index in [9.17, 15) is 9.59 Å². The number of nitrogen functional groups attached to an aromatic ring is 1. The number of benzene rings is 1. The van der Waals surface area contributed by atoms with Crippen molar-refractivity contribution in [2.45, 2.75) is 6.54 Å². The van der Waals surface area contributed by atoms with Gasteiger partial charge in [0.05, 0.1) is 12.2 Å². The van der Waals surface area contributed by atoms with Gasteiger partial charge in [-0.3, -0.25) is 9.36 Å². The summed E-state index contributed by atoms with van der Waals surface area (Å²) in [5.74, 6) is -0.0424. The van der Waals surface area contributed by atoms with E-state index in [0.29, 0.717) is 5.69 Å². The Kier molecular flexibility index (Phi) is 2.83. The number of nitrogens with one attached hydrogen (secondary N) is 1. The Bertz CT molecular complexity index is 815. The van der Waals surface area contributed by atoms with Crippen molar-refractivity contribution in [1.29, 1.82) is 0 Å². The van der Waals surface area contributed by atoms with Gasteiger partial charge in [0.1, 0.15) is 5.82 Å². The molecule has 3 rings (SSSR count). The highest BCUT2D eigenvalue weighted by molar-refractivity contribution is 5.99. The normalized spacial score (nSPS) is 10.8. The summed E-state index contributed by atoms with van der Waals surface area (Å²) >= 11 is 0.